The molecule has 0 spiro atoms. The molecule has 0 aliphatic rings. The van der Waals surface area contributed by atoms with Gasteiger partial charge >= 0.3 is 0 Å². The normalized spacial score (nSPS) is 10.4. The highest BCUT2D eigenvalue weighted by Gasteiger charge is 2.08. The third-order valence-corrected chi connectivity index (χ3v) is 3.50. The second-order valence-electron chi connectivity index (χ2n) is 4.02. The lowest BCUT2D eigenvalue weighted by Gasteiger charge is -2.12. The molecule has 0 unspecified atom stereocenters. The molecular formula is C14H14F2N2OS. The largest absolute Gasteiger partial charge is 0.495 e. The Morgan fingerprint density at radius 2 is 2.10 bits per heavy atom. The molecule has 0 amide bonds. The summed E-state index contributed by atoms with van der Waals surface area (Å²) in [4.78, 5) is 4.32. The summed E-state index contributed by atoms with van der Waals surface area (Å²) in [7, 11) is 1.57. The zero-order valence-corrected chi connectivity index (χ0v) is 11.9. The van der Waals surface area contributed by atoms with E-state index in [9.17, 15) is 8.78 Å². The number of pyridine rings is 1. The fourth-order valence-electron chi connectivity index (χ4n) is 1.72. The molecule has 1 N–H and O–H groups in total. The maximum absolute atomic E-state index is 13.5. The lowest BCUT2D eigenvalue weighted by atomic mass is 10.2. The maximum Gasteiger partial charge on any atom is 0.213 e. The molecule has 0 aliphatic heterocycles. The van der Waals surface area contributed by atoms with Crippen LogP contribution in [0, 0.1) is 11.8 Å². The van der Waals surface area contributed by atoms with E-state index in [0.29, 0.717) is 5.75 Å². The molecule has 106 valence electrons. The van der Waals surface area contributed by atoms with E-state index in [1.54, 1.807) is 18.9 Å². The molecule has 20 heavy (non-hydrogen) atoms. The van der Waals surface area contributed by atoms with Gasteiger partial charge in [0, 0.05) is 23.1 Å². The quantitative estimate of drug-likeness (QED) is 0.674. The van der Waals surface area contributed by atoms with Gasteiger partial charge in [-0.25, -0.2) is 9.37 Å². The Bertz CT molecular complexity index is 608. The van der Waals surface area contributed by atoms with Gasteiger partial charge < -0.3 is 10.1 Å². The van der Waals surface area contributed by atoms with Gasteiger partial charge in [0.2, 0.25) is 5.95 Å². The average molecular weight is 296 g/mol. The Kier molecular flexibility index (Phi) is 4.79. The number of nitrogens with zero attached hydrogens (tertiary/aromatic N) is 1. The molecule has 1 heterocycles. The number of rotatable bonds is 5. The van der Waals surface area contributed by atoms with Crippen LogP contribution in [0.2, 0.25) is 0 Å². The van der Waals surface area contributed by atoms with Crippen LogP contribution < -0.4 is 10.1 Å². The van der Waals surface area contributed by atoms with E-state index in [1.165, 1.54) is 0 Å². The molecule has 1 aromatic carbocycles. The topological polar surface area (TPSA) is 34.1 Å². The number of halogens is 2. The second kappa shape index (κ2) is 6.56. The van der Waals surface area contributed by atoms with Gasteiger partial charge in [0.05, 0.1) is 19.0 Å². The van der Waals surface area contributed by atoms with Gasteiger partial charge in [-0.2, -0.15) is 4.39 Å². The zero-order chi connectivity index (χ0) is 14.5. The molecule has 1 aromatic heterocycles. The number of hydrogen-bond donors (Lipinski definition) is 1. The van der Waals surface area contributed by atoms with E-state index >= 15 is 0 Å². The predicted octanol–water partition coefficient (Wildman–Crippen LogP) is 3.70. The van der Waals surface area contributed by atoms with Crippen molar-refractivity contribution in [3.05, 3.63) is 47.8 Å². The number of aromatic nitrogens is 1. The molecule has 2 aromatic rings. The van der Waals surface area contributed by atoms with Crippen molar-refractivity contribution in [3.8, 4) is 5.75 Å². The molecule has 0 aliphatic carbocycles. The van der Waals surface area contributed by atoms with Gasteiger partial charge in [0.25, 0.3) is 0 Å². The van der Waals surface area contributed by atoms with Crippen LogP contribution in [0.4, 0.5) is 14.5 Å². The van der Waals surface area contributed by atoms with Crippen LogP contribution in [0.15, 0.2) is 35.4 Å². The van der Waals surface area contributed by atoms with Crippen molar-refractivity contribution in [2.24, 2.45) is 0 Å². The SMILES string of the molecule is COc1cc(SC)ccc1NCc1cc(F)ncc1F. The van der Waals surface area contributed by atoms with Gasteiger partial charge in [-0.15, -0.1) is 11.8 Å². The summed E-state index contributed by atoms with van der Waals surface area (Å²) in [6.07, 6.45) is 2.84. The van der Waals surface area contributed by atoms with Crippen molar-refractivity contribution >= 4 is 17.4 Å². The first-order chi connectivity index (χ1) is 9.63. The molecule has 0 saturated carbocycles. The highest BCUT2D eigenvalue weighted by atomic mass is 32.2. The van der Waals surface area contributed by atoms with Gasteiger partial charge in [0.15, 0.2) is 0 Å². The third kappa shape index (κ3) is 3.39. The van der Waals surface area contributed by atoms with Gasteiger partial charge in [-0.05, 0) is 24.5 Å². The molecule has 0 atom stereocenters. The van der Waals surface area contributed by atoms with E-state index in [0.717, 1.165) is 22.8 Å². The first-order valence-electron chi connectivity index (χ1n) is 5.90. The van der Waals surface area contributed by atoms with Crippen molar-refractivity contribution in [1.82, 2.24) is 4.98 Å². The Labute approximate surface area is 120 Å². The summed E-state index contributed by atoms with van der Waals surface area (Å²) in [5.74, 6) is -0.585. The Balaban J connectivity index is 2.16. The van der Waals surface area contributed by atoms with Crippen molar-refractivity contribution in [2.75, 3.05) is 18.7 Å². The lowest BCUT2D eigenvalue weighted by Crippen LogP contribution is -2.04. The summed E-state index contributed by atoms with van der Waals surface area (Å²) in [5, 5.41) is 3.03. The molecule has 6 heteroatoms. The molecule has 2 rings (SSSR count). The van der Waals surface area contributed by atoms with Gasteiger partial charge in [-0.3, -0.25) is 0 Å². The minimum Gasteiger partial charge on any atom is -0.495 e. The van der Waals surface area contributed by atoms with E-state index in [-0.39, 0.29) is 12.1 Å². The summed E-state index contributed by atoms with van der Waals surface area (Å²) in [5.41, 5.74) is 0.940. The van der Waals surface area contributed by atoms with Crippen LogP contribution in [-0.2, 0) is 6.54 Å². The summed E-state index contributed by atoms with van der Waals surface area (Å²) in [6, 6.07) is 6.74. The minimum absolute atomic E-state index is 0.153. The molecular weight excluding hydrogens is 282 g/mol. The van der Waals surface area contributed by atoms with E-state index in [1.807, 2.05) is 24.5 Å². The summed E-state index contributed by atoms with van der Waals surface area (Å²) in [6.45, 7) is 0.153. The van der Waals surface area contributed by atoms with E-state index in [2.05, 4.69) is 10.3 Å². The smallest absolute Gasteiger partial charge is 0.213 e. The number of benzene rings is 1. The Hall–Kier alpha value is -1.82. The van der Waals surface area contributed by atoms with Crippen LogP contribution >= 0.6 is 11.8 Å². The molecule has 0 fully saturated rings. The standard InChI is InChI=1S/C14H14F2N2OS/c1-19-13-6-10(20-2)3-4-12(13)17-7-9-5-14(16)18-8-11(9)15/h3-6,8,17H,7H2,1-2H3. The number of thioether (sulfide) groups is 1. The van der Waals surface area contributed by atoms with Crippen molar-refractivity contribution in [1.29, 1.82) is 0 Å². The molecule has 0 radical (unpaired) electrons. The number of methoxy groups -OCH3 is 1. The Morgan fingerprint density at radius 3 is 2.80 bits per heavy atom. The maximum atomic E-state index is 13.5. The van der Waals surface area contributed by atoms with Gasteiger partial charge in [0.1, 0.15) is 11.6 Å². The second-order valence-corrected chi connectivity index (χ2v) is 4.90. The number of nitrogens with one attached hydrogen (secondary N) is 1. The third-order valence-electron chi connectivity index (χ3n) is 2.78. The molecule has 0 bridgehead atoms. The number of anilines is 1. The monoisotopic (exact) mass is 296 g/mol. The first-order valence-corrected chi connectivity index (χ1v) is 7.12. The fourth-order valence-corrected chi connectivity index (χ4v) is 2.15. The first kappa shape index (κ1) is 14.6. The van der Waals surface area contributed by atoms with Crippen LogP contribution in [0.25, 0.3) is 0 Å². The minimum atomic E-state index is -0.701. The molecule has 0 saturated heterocycles. The van der Waals surface area contributed by atoms with Gasteiger partial charge in [-0.1, -0.05) is 0 Å². The van der Waals surface area contributed by atoms with Crippen LogP contribution in [0.3, 0.4) is 0 Å². The Morgan fingerprint density at radius 1 is 1.30 bits per heavy atom. The van der Waals surface area contributed by atoms with Crippen molar-refractivity contribution in [2.45, 2.75) is 11.4 Å². The van der Waals surface area contributed by atoms with Crippen molar-refractivity contribution in [3.63, 3.8) is 0 Å². The van der Waals surface area contributed by atoms with Crippen LogP contribution in [0.1, 0.15) is 5.56 Å². The average Bonchev–Trinajstić information content (AvgIpc) is 2.48. The van der Waals surface area contributed by atoms with E-state index < -0.39 is 11.8 Å². The summed E-state index contributed by atoms with van der Waals surface area (Å²) >= 11 is 1.60. The van der Waals surface area contributed by atoms with Crippen LogP contribution in [0.5, 0.6) is 5.75 Å². The number of ether oxygens (including phenoxy) is 1. The molecule has 3 nitrogen and oxygen atoms in total. The predicted molar refractivity (Wildman–Crippen MR) is 76.3 cm³/mol. The zero-order valence-electron chi connectivity index (χ0n) is 11.1. The van der Waals surface area contributed by atoms with Crippen molar-refractivity contribution < 1.29 is 13.5 Å². The fraction of sp³-hybridized carbons (Fsp3) is 0.214. The van der Waals surface area contributed by atoms with E-state index in [4.69, 9.17) is 4.74 Å². The van der Waals surface area contributed by atoms with Crippen LogP contribution in [-0.4, -0.2) is 18.3 Å². The number of hydrogen-bond acceptors (Lipinski definition) is 4. The summed E-state index contributed by atoms with van der Waals surface area (Å²) < 4.78 is 31.7. The highest BCUT2D eigenvalue weighted by Crippen LogP contribution is 2.29. The lowest BCUT2D eigenvalue weighted by molar-refractivity contribution is 0.415. The highest BCUT2D eigenvalue weighted by molar-refractivity contribution is 7.98.